The fraction of sp³-hybridized carbons (Fsp3) is 0.125. The summed E-state index contributed by atoms with van der Waals surface area (Å²) in [5, 5.41) is 14.6. The zero-order chi connectivity index (χ0) is 15.2. The highest BCUT2D eigenvalue weighted by Crippen LogP contribution is 2.20. The highest BCUT2D eigenvalue weighted by molar-refractivity contribution is 5.95. The number of nitriles is 1. The van der Waals surface area contributed by atoms with E-state index in [0.717, 1.165) is 11.3 Å². The van der Waals surface area contributed by atoms with Gasteiger partial charge in [-0.15, -0.1) is 0 Å². The number of carbonyl (C=O) groups is 1. The SMILES string of the molecule is CNC(=O)c1ccc(NCc2cccc(C#N)c2)c(N)c1. The number of rotatable bonds is 4. The quantitative estimate of drug-likeness (QED) is 0.748. The highest BCUT2D eigenvalue weighted by Gasteiger charge is 2.06. The molecule has 0 saturated carbocycles. The molecular weight excluding hydrogens is 264 g/mol. The van der Waals surface area contributed by atoms with Crippen LogP contribution in [-0.2, 0) is 6.54 Å². The lowest BCUT2D eigenvalue weighted by molar-refractivity contribution is 0.0963. The van der Waals surface area contributed by atoms with Crippen molar-refractivity contribution in [2.24, 2.45) is 0 Å². The number of nitrogens with one attached hydrogen (secondary N) is 2. The second kappa shape index (κ2) is 6.44. The summed E-state index contributed by atoms with van der Waals surface area (Å²) in [4.78, 5) is 11.5. The minimum atomic E-state index is -0.171. The summed E-state index contributed by atoms with van der Waals surface area (Å²) in [5.41, 5.74) is 9.33. The molecule has 0 spiro atoms. The smallest absolute Gasteiger partial charge is 0.251 e. The molecule has 106 valence electrons. The average Bonchev–Trinajstić information content (AvgIpc) is 2.53. The van der Waals surface area contributed by atoms with E-state index >= 15 is 0 Å². The van der Waals surface area contributed by atoms with Crippen LogP contribution in [0.1, 0.15) is 21.5 Å². The van der Waals surface area contributed by atoms with E-state index in [1.54, 1.807) is 31.3 Å². The van der Waals surface area contributed by atoms with Crippen molar-refractivity contribution in [1.82, 2.24) is 5.32 Å². The summed E-state index contributed by atoms with van der Waals surface area (Å²) in [6, 6.07) is 14.6. The van der Waals surface area contributed by atoms with E-state index in [4.69, 9.17) is 11.0 Å². The Hall–Kier alpha value is -3.00. The van der Waals surface area contributed by atoms with Crippen LogP contribution < -0.4 is 16.4 Å². The summed E-state index contributed by atoms with van der Waals surface area (Å²) >= 11 is 0. The van der Waals surface area contributed by atoms with Gasteiger partial charge in [-0.3, -0.25) is 4.79 Å². The molecule has 0 aliphatic carbocycles. The van der Waals surface area contributed by atoms with Crippen LogP contribution in [0.4, 0.5) is 11.4 Å². The van der Waals surface area contributed by atoms with Crippen LogP contribution in [0.15, 0.2) is 42.5 Å². The Morgan fingerprint density at radius 2 is 2.10 bits per heavy atom. The van der Waals surface area contributed by atoms with Crippen LogP contribution in [0.2, 0.25) is 0 Å². The van der Waals surface area contributed by atoms with Crippen molar-refractivity contribution in [2.45, 2.75) is 6.54 Å². The molecule has 0 saturated heterocycles. The lowest BCUT2D eigenvalue weighted by Crippen LogP contribution is -2.18. The van der Waals surface area contributed by atoms with Crippen molar-refractivity contribution < 1.29 is 4.79 Å². The third-order valence-electron chi connectivity index (χ3n) is 3.08. The fourth-order valence-electron chi connectivity index (χ4n) is 1.96. The lowest BCUT2D eigenvalue weighted by Gasteiger charge is -2.11. The monoisotopic (exact) mass is 280 g/mol. The topological polar surface area (TPSA) is 90.9 Å². The Bertz CT molecular complexity index is 704. The van der Waals surface area contributed by atoms with Crippen LogP contribution in [0.3, 0.4) is 0 Å². The van der Waals surface area contributed by atoms with E-state index in [0.29, 0.717) is 23.4 Å². The highest BCUT2D eigenvalue weighted by atomic mass is 16.1. The van der Waals surface area contributed by atoms with Crippen LogP contribution in [0, 0.1) is 11.3 Å². The van der Waals surface area contributed by atoms with Crippen molar-refractivity contribution in [2.75, 3.05) is 18.1 Å². The van der Waals surface area contributed by atoms with Gasteiger partial charge in [-0.05, 0) is 35.9 Å². The molecule has 2 aromatic carbocycles. The van der Waals surface area contributed by atoms with E-state index in [9.17, 15) is 4.79 Å². The van der Waals surface area contributed by atoms with Crippen LogP contribution in [0.25, 0.3) is 0 Å². The molecule has 0 aromatic heterocycles. The third-order valence-corrected chi connectivity index (χ3v) is 3.08. The van der Waals surface area contributed by atoms with Crippen molar-refractivity contribution in [3.63, 3.8) is 0 Å². The minimum absolute atomic E-state index is 0.171. The molecule has 0 aliphatic heterocycles. The molecule has 0 bridgehead atoms. The maximum absolute atomic E-state index is 11.5. The molecular formula is C16H16N4O. The second-order valence-electron chi connectivity index (χ2n) is 4.55. The molecule has 5 nitrogen and oxygen atoms in total. The maximum atomic E-state index is 11.5. The Morgan fingerprint density at radius 1 is 1.29 bits per heavy atom. The standard InChI is InChI=1S/C16H16N4O/c1-19-16(21)13-5-6-15(14(18)8-13)20-10-12-4-2-3-11(7-12)9-17/h2-8,20H,10,18H2,1H3,(H,19,21). The normalized spacial score (nSPS) is 9.71. The van der Waals surface area contributed by atoms with Crippen molar-refractivity contribution in [3.8, 4) is 6.07 Å². The third kappa shape index (κ3) is 3.51. The number of carbonyl (C=O) groups excluding carboxylic acids is 1. The Morgan fingerprint density at radius 3 is 2.76 bits per heavy atom. The van der Waals surface area contributed by atoms with Gasteiger partial charge in [-0.25, -0.2) is 0 Å². The summed E-state index contributed by atoms with van der Waals surface area (Å²) in [5.74, 6) is -0.171. The number of amides is 1. The molecule has 0 fully saturated rings. The largest absolute Gasteiger partial charge is 0.397 e. The van der Waals surface area contributed by atoms with Gasteiger partial charge in [0, 0.05) is 19.2 Å². The summed E-state index contributed by atoms with van der Waals surface area (Å²) < 4.78 is 0. The zero-order valence-corrected chi connectivity index (χ0v) is 11.7. The molecule has 0 heterocycles. The van der Waals surface area contributed by atoms with Gasteiger partial charge in [0.15, 0.2) is 0 Å². The first-order valence-electron chi connectivity index (χ1n) is 6.48. The lowest BCUT2D eigenvalue weighted by atomic mass is 10.1. The number of nitrogens with zero attached hydrogens (tertiary/aromatic N) is 1. The average molecular weight is 280 g/mol. The summed E-state index contributed by atoms with van der Waals surface area (Å²) in [6.45, 7) is 0.555. The van der Waals surface area contributed by atoms with E-state index in [2.05, 4.69) is 16.7 Å². The molecule has 0 radical (unpaired) electrons. The van der Waals surface area contributed by atoms with Crippen LogP contribution in [-0.4, -0.2) is 13.0 Å². The van der Waals surface area contributed by atoms with Gasteiger partial charge >= 0.3 is 0 Å². The zero-order valence-electron chi connectivity index (χ0n) is 11.7. The van der Waals surface area contributed by atoms with Gasteiger partial charge in [0.25, 0.3) is 5.91 Å². The molecule has 4 N–H and O–H groups in total. The Kier molecular flexibility index (Phi) is 4.42. The van der Waals surface area contributed by atoms with Gasteiger partial charge in [0.1, 0.15) is 0 Å². The number of benzene rings is 2. The maximum Gasteiger partial charge on any atom is 0.251 e. The summed E-state index contributed by atoms with van der Waals surface area (Å²) in [6.07, 6.45) is 0. The van der Waals surface area contributed by atoms with Gasteiger partial charge in [-0.2, -0.15) is 5.26 Å². The van der Waals surface area contributed by atoms with Crippen LogP contribution >= 0.6 is 0 Å². The molecule has 1 amide bonds. The van der Waals surface area contributed by atoms with E-state index in [-0.39, 0.29) is 5.91 Å². The number of hydrogen-bond donors (Lipinski definition) is 3. The van der Waals surface area contributed by atoms with Crippen LogP contribution in [0.5, 0.6) is 0 Å². The Balaban J connectivity index is 2.10. The van der Waals surface area contributed by atoms with Crippen molar-refractivity contribution in [3.05, 3.63) is 59.2 Å². The van der Waals surface area contributed by atoms with Crippen molar-refractivity contribution >= 4 is 17.3 Å². The van der Waals surface area contributed by atoms with Gasteiger partial charge in [0.05, 0.1) is 23.0 Å². The summed E-state index contributed by atoms with van der Waals surface area (Å²) in [7, 11) is 1.58. The number of hydrogen-bond acceptors (Lipinski definition) is 4. The number of nitrogens with two attached hydrogens (primary N) is 1. The first-order valence-corrected chi connectivity index (χ1v) is 6.48. The minimum Gasteiger partial charge on any atom is -0.397 e. The van der Waals surface area contributed by atoms with Gasteiger partial charge in [-0.1, -0.05) is 12.1 Å². The van der Waals surface area contributed by atoms with Gasteiger partial charge in [0.2, 0.25) is 0 Å². The Labute approximate surface area is 123 Å². The fourth-order valence-corrected chi connectivity index (χ4v) is 1.96. The number of anilines is 2. The molecule has 2 aromatic rings. The van der Waals surface area contributed by atoms with Gasteiger partial charge < -0.3 is 16.4 Å². The van der Waals surface area contributed by atoms with E-state index < -0.39 is 0 Å². The second-order valence-corrected chi connectivity index (χ2v) is 4.55. The first kappa shape index (κ1) is 14.4. The van der Waals surface area contributed by atoms with E-state index in [1.807, 2.05) is 18.2 Å². The molecule has 21 heavy (non-hydrogen) atoms. The number of nitrogen functional groups attached to an aromatic ring is 1. The van der Waals surface area contributed by atoms with Crippen molar-refractivity contribution in [1.29, 1.82) is 5.26 Å². The van der Waals surface area contributed by atoms with E-state index in [1.165, 1.54) is 0 Å². The first-order chi connectivity index (χ1) is 10.1. The molecule has 0 aliphatic rings. The molecule has 0 atom stereocenters. The molecule has 0 unspecified atom stereocenters. The predicted molar refractivity (Wildman–Crippen MR) is 82.7 cm³/mol. The molecule has 5 heteroatoms. The molecule has 2 rings (SSSR count). The predicted octanol–water partition coefficient (Wildman–Crippen LogP) is 2.11.